The van der Waals surface area contributed by atoms with Crippen LogP contribution in [0.5, 0.6) is 0 Å². The van der Waals surface area contributed by atoms with Crippen LogP contribution in [0.15, 0.2) is 12.3 Å². The number of rotatable bonds is 4. The molecule has 1 aliphatic carbocycles. The van der Waals surface area contributed by atoms with Crippen LogP contribution in [-0.2, 0) is 6.54 Å². The van der Waals surface area contributed by atoms with Gasteiger partial charge in [0.1, 0.15) is 5.82 Å². The molecule has 18 heavy (non-hydrogen) atoms. The predicted octanol–water partition coefficient (Wildman–Crippen LogP) is 2.88. The summed E-state index contributed by atoms with van der Waals surface area (Å²) in [6.07, 6.45) is 4.62. The van der Waals surface area contributed by atoms with Gasteiger partial charge in [-0.1, -0.05) is 0 Å². The molecule has 1 N–H and O–H groups in total. The summed E-state index contributed by atoms with van der Waals surface area (Å²) in [4.78, 5) is 6.94. The van der Waals surface area contributed by atoms with E-state index in [1.807, 2.05) is 6.20 Å². The molecule has 0 aliphatic heterocycles. The Bertz CT molecular complexity index is 416. The summed E-state index contributed by atoms with van der Waals surface area (Å²) in [6, 6.07) is 2.97. The normalized spacial score (nSPS) is 15.8. The van der Waals surface area contributed by atoms with Gasteiger partial charge in [-0.25, -0.2) is 4.98 Å². The molecule has 1 aromatic heterocycles. The number of aryl methyl sites for hydroxylation is 1. The fourth-order valence-corrected chi connectivity index (χ4v) is 2.09. The molecular formula is C15H25N3. The molecule has 3 nitrogen and oxygen atoms in total. The van der Waals surface area contributed by atoms with Crippen LogP contribution in [0, 0.1) is 6.92 Å². The number of nitrogens with zero attached hydrogens (tertiary/aromatic N) is 2. The van der Waals surface area contributed by atoms with Crippen LogP contribution in [0.25, 0.3) is 0 Å². The summed E-state index contributed by atoms with van der Waals surface area (Å²) in [5.41, 5.74) is 2.69. The lowest BCUT2D eigenvalue weighted by atomic mass is 10.1. The van der Waals surface area contributed by atoms with Gasteiger partial charge >= 0.3 is 0 Å². The second-order valence-electron chi connectivity index (χ2n) is 6.43. The highest BCUT2D eigenvalue weighted by Crippen LogP contribution is 2.30. The Balaban J connectivity index is 2.04. The number of hydrogen-bond donors (Lipinski definition) is 1. The van der Waals surface area contributed by atoms with Crippen LogP contribution >= 0.6 is 0 Å². The maximum absolute atomic E-state index is 4.63. The van der Waals surface area contributed by atoms with Gasteiger partial charge in [0.15, 0.2) is 0 Å². The Morgan fingerprint density at radius 2 is 2.06 bits per heavy atom. The molecule has 1 saturated carbocycles. The van der Waals surface area contributed by atoms with Crippen LogP contribution in [0.1, 0.15) is 44.7 Å². The van der Waals surface area contributed by atoms with Gasteiger partial charge in [0.05, 0.1) is 0 Å². The monoisotopic (exact) mass is 247 g/mol. The second-order valence-corrected chi connectivity index (χ2v) is 6.43. The van der Waals surface area contributed by atoms with E-state index < -0.39 is 0 Å². The molecule has 0 bridgehead atoms. The molecule has 2 rings (SSSR count). The van der Waals surface area contributed by atoms with E-state index in [1.165, 1.54) is 24.0 Å². The number of anilines is 1. The van der Waals surface area contributed by atoms with E-state index in [1.54, 1.807) is 0 Å². The molecule has 1 aliphatic rings. The third-order valence-electron chi connectivity index (χ3n) is 3.36. The maximum Gasteiger partial charge on any atom is 0.131 e. The zero-order chi connectivity index (χ0) is 13.3. The summed E-state index contributed by atoms with van der Waals surface area (Å²) in [6.45, 7) is 9.58. The fourth-order valence-electron chi connectivity index (χ4n) is 2.09. The first kappa shape index (κ1) is 13.3. The van der Waals surface area contributed by atoms with Crippen molar-refractivity contribution in [3.05, 3.63) is 23.4 Å². The molecule has 100 valence electrons. The lowest BCUT2D eigenvalue weighted by Crippen LogP contribution is -2.35. The Labute approximate surface area is 111 Å². The molecule has 0 atom stereocenters. The minimum Gasteiger partial charge on any atom is -0.356 e. The molecule has 0 aromatic carbocycles. The minimum absolute atomic E-state index is 0.150. The largest absolute Gasteiger partial charge is 0.356 e. The van der Waals surface area contributed by atoms with Gasteiger partial charge < -0.3 is 10.2 Å². The van der Waals surface area contributed by atoms with E-state index in [4.69, 9.17) is 0 Å². The summed E-state index contributed by atoms with van der Waals surface area (Å²) in [7, 11) is 2.15. The molecule has 3 heteroatoms. The highest BCUT2D eigenvalue weighted by molar-refractivity contribution is 5.48. The summed E-state index contributed by atoms with van der Waals surface area (Å²) >= 11 is 0. The molecule has 1 heterocycles. The minimum atomic E-state index is 0.150. The molecule has 0 saturated heterocycles. The average Bonchev–Trinajstić information content (AvgIpc) is 3.08. The molecule has 1 fully saturated rings. The van der Waals surface area contributed by atoms with Crippen molar-refractivity contribution in [1.82, 2.24) is 10.3 Å². The number of pyridine rings is 1. The number of hydrogen-bond acceptors (Lipinski definition) is 3. The zero-order valence-electron chi connectivity index (χ0n) is 12.2. The lowest BCUT2D eigenvalue weighted by molar-refractivity contribution is 0.424. The lowest BCUT2D eigenvalue weighted by Gasteiger charge is -2.22. The van der Waals surface area contributed by atoms with Gasteiger partial charge in [0.2, 0.25) is 0 Å². The molecule has 0 amide bonds. The van der Waals surface area contributed by atoms with E-state index >= 15 is 0 Å². The van der Waals surface area contributed by atoms with Crippen molar-refractivity contribution in [2.24, 2.45) is 0 Å². The third-order valence-corrected chi connectivity index (χ3v) is 3.36. The van der Waals surface area contributed by atoms with E-state index in [2.05, 4.69) is 56.0 Å². The fraction of sp³-hybridized carbons (Fsp3) is 0.667. The Morgan fingerprint density at radius 1 is 1.39 bits per heavy atom. The standard InChI is InChI=1S/C15H25N3/c1-11-8-12(10-17-15(2,3)4)9-16-14(11)18(5)13-6-7-13/h8-9,13,17H,6-7,10H2,1-5H3. The van der Waals surface area contributed by atoms with Crippen molar-refractivity contribution in [2.45, 2.75) is 58.7 Å². The van der Waals surface area contributed by atoms with Crippen LogP contribution in [0.4, 0.5) is 5.82 Å². The first-order valence-electron chi connectivity index (χ1n) is 6.80. The van der Waals surface area contributed by atoms with Crippen LogP contribution in [0.3, 0.4) is 0 Å². The Morgan fingerprint density at radius 3 is 2.56 bits per heavy atom. The first-order valence-corrected chi connectivity index (χ1v) is 6.80. The molecule has 0 unspecified atom stereocenters. The smallest absolute Gasteiger partial charge is 0.131 e. The van der Waals surface area contributed by atoms with E-state index in [9.17, 15) is 0 Å². The van der Waals surface area contributed by atoms with E-state index in [0.717, 1.165) is 18.4 Å². The van der Waals surface area contributed by atoms with Crippen molar-refractivity contribution in [1.29, 1.82) is 0 Å². The summed E-state index contributed by atoms with van der Waals surface area (Å²) < 4.78 is 0. The van der Waals surface area contributed by atoms with E-state index in [-0.39, 0.29) is 5.54 Å². The Kier molecular flexibility index (Phi) is 3.62. The van der Waals surface area contributed by atoms with Crippen molar-refractivity contribution >= 4 is 5.82 Å². The summed E-state index contributed by atoms with van der Waals surface area (Å²) in [5.74, 6) is 1.14. The van der Waals surface area contributed by atoms with Crippen molar-refractivity contribution in [3.63, 3.8) is 0 Å². The maximum atomic E-state index is 4.63. The van der Waals surface area contributed by atoms with Crippen molar-refractivity contribution in [3.8, 4) is 0 Å². The molecule has 0 radical (unpaired) electrons. The Hall–Kier alpha value is -1.09. The second kappa shape index (κ2) is 4.88. The quantitative estimate of drug-likeness (QED) is 0.886. The number of nitrogens with one attached hydrogen (secondary N) is 1. The topological polar surface area (TPSA) is 28.2 Å². The van der Waals surface area contributed by atoms with Gasteiger partial charge in [-0.2, -0.15) is 0 Å². The van der Waals surface area contributed by atoms with Crippen LogP contribution in [-0.4, -0.2) is 23.6 Å². The first-order chi connectivity index (χ1) is 8.37. The molecule has 1 aromatic rings. The molecular weight excluding hydrogens is 222 g/mol. The predicted molar refractivity (Wildman–Crippen MR) is 77.0 cm³/mol. The highest BCUT2D eigenvalue weighted by Gasteiger charge is 2.27. The van der Waals surface area contributed by atoms with Gasteiger partial charge in [-0.15, -0.1) is 0 Å². The van der Waals surface area contributed by atoms with Gasteiger partial charge in [-0.05, 0) is 57.7 Å². The third kappa shape index (κ3) is 3.45. The van der Waals surface area contributed by atoms with Gasteiger partial charge in [0, 0.05) is 31.4 Å². The van der Waals surface area contributed by atoms with Crippen molar-refractivity contribution in [2.75, 3.05) is 11.9 Å². The van der Waals surface area contributed by atoms with Crippen LogP contribution in [0.2, 0.25) is 0 Å². The van der Waals surface area contributed by atoms with Gasteiger partial charge in [-0.3, -0.25) is 0 Å². The van der Waals surface area contributed by atoms with Gasteiger partial charge in [0.25, 0.3) is 0 Å². The zero-order valence-corrected chi connectivity index (χ0v) is 12.2. The van der Waals surface area contributed by atoms with Crippen LogP contribution < -0.4 is 10.2 Å². The SMILES string of the molecule is Cc1cc(CNC(C)(C)C)cnc1N(C)C1CC1. The van der Waals surface area contributed by atoms with E-state index in [0.29, 0.717) is 0 Å². The summed E-state index contributed by atoms with van der Waals surface area (Å²) in [5, 5.41) is 3.50. The average molecular weight is 247 g/mol. The van der Waals surface area contributed by atoms with Crippen molar-refractivity contribution < 1.29 is 0 Å². The molecule has 0 spiro atoms. The number of aromatic nitrogens is 1. The highest BCUT2D eigenvalue weighted by atomic mass is 15.2.